The molecule has 1 rings (SSSR count). The zero-order chi connectivity index (χ0) is 13.8. The van der Waals surface area contributed by atoms with E-state index >= 15 is 0 Å². The van der Waals surface area contributed by atoms with Crippen molar-refractivity contribution in [3.8, 4) is 0 Å². The Hall–Kier alpha value is -0.660. The van der Waals surface area contributed by atoms with Gasteiger partial charge in [-0.3, -0.25) is 4.79 Å². The standard InChI is InChI=1S/C11H22N2O4S/c1-3-5-11(6-7-11)9-12-18(16,17)13(2)8-4-10(14)15/h12H,3-9H2,1-2H3,(H,14,15). The third kappa shape index (κ3) is 4.55. The molecule has 0 bridgehead atoms. The summed E-state index contributed by atoms with van der Waals surface area (Å²) >= 11 is 0. The number of carboxylic acids is 1. The number of hydrogen-bond acceptors (Lipinski definition) is 3. The Kier molecular flexibility index (Phi) is 5.12. The van der Waals surface area contributed by atoms with Crippen molar-refractivity contribution in [3.63, 3.8) is 0 Å². The van der Waals surface area contributed by atoms with Gasteiger partial charge >= 0.3 is 5.97 Å². The van der Waals surface area contributed by atoms with Crippen LogP contribution in [0.5, 0.6) is 0 Å². The molecule has 0 aromatic rings. The van der Waals surface area contributed by atoms with Gasteiger partial charge in [-0.2, -0.15) is 12.7 Å². The molecule has 0 unspecified atom stereocenters. The van der Waals surface area contributed by atoms with Crippen LogP contribution in [0.2, 0.25) is 0 Å². The highest BCUT2D eigenvalue weighted by Crippen LogP contribution is 2.49. The van der Waals surface area contributed by atoms with Gasteiger partial charge in [0.1, 0.15) is 0 Å². The highest BCUT2D eigenvalue weighted by molar-refractivity contribution is 7.87. The fraction of sp³-hybridized carbons (Fsp3) is 0.909. The molecule has 18 heavy (non-hydrogen) atoms. The summed E-state index contributed by atoms with van der Waals surface area (Å²) in [6.45, 7) is 2.54. The van der Waals surface area contributed by atoms with Gasteiger partial charge in [-0.15, -0.1) is 0 Å². The molecular weight excluding hydrogens is 256 g/mol. The van der Waals surface area contributed by atoms with Crippen molar-refractivity contribution in [3.05, 3.63) is 0 Å². The van der Waals surface area contributed by atoms with E-state index in [4.69, 9.17) is 5.11 Å². The van der Waals surface area contributed by atoms with E-state index in [1.807, 2.05) is 0 Å². The van der Waals surface area contributed by atoms with Gasteiger partial charge in [0, 0.05) is 20.1 Å². The summed E-state index contributed by atoms with van der Waals surface area (Å²) < 4.78 is 27.3. The lowest BCUT2D eigenvalue weighted by Gasteiger charge is -2.20. The summed E-state index contributed by atoms with van der Waals surface area (Å²) in [4.78, 5) is 10.4. The van der Waals surface area contributed by atoms with Crippen LogP contribution in [0.25, 0.3) is 0 Å². The summed E-state index contributed by atoms with van der Waals surface area (Å²) in [7, 11) is -2.15. The summed E-state index contributed by atoms with van der Waals surface area (Å²) in [5.74, 6) is -0.998. The molecule has 0 aromatic carbocycles. The van der Waals surface area contributed by atoms with Crippen LogP contribution < -0.4 is 4.72 Å². The van der Waals surface area contributed by atoms with E-state index in [0.717, 1.165) is 30.0 Å². The Morgan fingerprint density at radius 2 is 2.06 bits per heavy atom. The minimum atomic E-state index is -3.55. The molecule has 0 spiro atoms. The van der Waals surface area contributed by atoms with E-state index < -0.39 is 16.2 Å². The van der Waals surface area contributed by atoms with E-state index in [2.05, 4.69) is 11.6 Å². The Balaban J connectivity index is 2.41. The van der Waals surface area contributed by atoms with E-state index in [0.29, 0.717) is 6.54 Å². The number of aliphatic carboxylic acids is 1. The van der Waals surface area contributed by atoms with Crippen molar-refractivity contribution < 1.29 is 18.3 Å². The van der Waals surface area contributed by atoms with Gasteiger partial charge in [0.05, 0.1) is 6.42 Å². The molecule has 0 radical (unpaired) electrons. The first kappa shape index (κ1) is 15.4. The van der Waals surface area contributed by atoms with Crippen LogP contribution in [0.3, 0.4) is 0 Å². The third-order valence-electron chi connectivity index (χ3n) is 3.42. The summed E-state index contributed by atoms with van der Waals surface area (Å²) in [6, 6.07) is 0. The summed E-state index contributed by atoms with van der Waals surface area (Å²) in [5, 5.41) is 8.53. The quantitative estimate of drug-likeness (QED) is 0.653. The smallest absolute Gasteiger partial charge is 0.304 e. The number of nitrogens with one attached hydrogen (secondary N) is 1. The van der Waals surface area contributed by atoms with Crippen LogP contribution in [-0.4, -0.2) is 43.9 Å². The van der Waals surface area contributed by atoms with E-state index in [1.165, 1.54) is 7.05 Å². The van der Waals surface area contributed by atoms with Crippen LogP contribution in [-0.2, 0) is 15.0 Å². The Labute approximate surface area is 109 Å². The van der Waals surface area contributed by atoms with Crippen LogP contribution in [0.4, 0.5) is 0 Å². The van der Waals surface area contributed by atoms with Crippen LogP contribution >= 0.6 is 0 Å². The van der Waals surface area contributed by atoms with Gasteiger partial charge in [-0.05, 0) is 24.7 Å². The van der Waals surface area contributed by atoms with Crippen LogP contribution in [0, 0.1) is 5.41 Å². The van der Waals surface area contributed by atoms with Crippen molar-refractivity contribution in [1.29, 1.82) is 0 Å². The molecule has 0 atom stereocenters. The maximum absolute atomic E-state index is 11.8. The lowest BCUT2D eigenvalue weighted by Crippen LogP contribution is -2.41. The summed E-state index contributed by atoms with van der Waals surface area (Å²) in [5.41, 5.74) is 0.148. The molecule has 1 fully saturated rings. The number of nitrogens with zero attached hydrogens (tertiary/aromatic N) is 1. The Morgan fingerprint density at radius 3 is 2.50 bits per heavy atom. The minimum absolute atomic E-state index is 0.00849. The van der Waals surface area contributed by atoms with E-state index in [9.17, 15) is 13.2 Å². The largest absolute Gasteiger partial charge is 0.481 e. The molecular formula is C11H22N2O4S. The maximum Gasteiger partial charge on any atom is 0.304 e. The van der Waals surface area contributed by atoms with Gasteiger partial charge in [0.2, 0.25) is 0 Å². The molecule has 0 aliphatic heterocycles. The van der Waals surface area contributed by atoms with Gasteiger partial charge in [-0.25, -0.2) is 4.72 Å². The first-order valence-electron chi connectivity index (χ1n) is 6.24. The van der Waals surface area contributed by atoms with E-state index in [1.54, 1.807) is 0 Å². The molecule has 0 saturated heterocycles. The number of rotatable bonds is 9. The van der Waals surface area contributed by atoms with E-state index in [-0.39, 0.29) is 18.4 Å². The second-order valence-electron chi connectivity index (χ2n) is 5.04. The van der Waals surface area contributed by atoms with Gasteiger partial charge in [-0.1, -0.05) is 13.3 Å². The minimum Gasteiger partial charge on any atom is -0.481 e. The highest BCUT2D eigenvalue weighted by Gasteiger charge is 2.42. The van der Waals surface area contributed by atoms with Gasteiger partial charge in [0.25, 0.3) is 10.2 Å². The lowest BCUT2D eigenvalue weighted by molar-refractivity contribution is -0.137. The monoisotopic (exact) mass is 278 g/mol. The molecule has 2 N–H and O–H groups in total. The molecule has 0 heterocycles. The molecule has 106 valence electrons. The van der Waals surface area contributed by atoms with Gasteiger partial charge in [0.15, 0.2) is 0 Å². The van der Waals surface area contributed by atoms with Crippen molar-refractivity contribution in [2.45, 2.75) is 39.0 Å². The fourth-order valence-electron chi connectivity index (χ4n) is 1.95. The van der Waals surface area contributed by atoms with Crippen molar-refractivity contribution in [1.82, 2.24) is 9.03 Å². The topological polar surface area (TPSA) is 86.7 Å². The zero-order valence-corrected chi connectivity index (χ0v) is 11.8. The van der Waals surface area contributed by atoms with Crippen LogP contribution in [0.1, 0.15) is 39.0 Å². The second-order valence-corrected chi connectivity index (χ2v) is 6.90. The van der Waals surface area contributed by atoms with Crippen molar-refractivity contribution in [2.24, 2.45) is 5.41 Å². The van der Waals surface area contributed by atoms with Gasteiger partial charge < -0.3 is 5.11 Å². The first-order valence-corrected chi connectivity index (χ1v) is 7.68. The molecule has 0 amide bonds. The molecule has 6 nitrogen and oxygen atoms in total. The molecule has 7 heteroatoms. The average molecular weight is 278 g/mol. The molecule has 0 aromatic heterocycles. The first-order chi connectivity index (χ1) is 8.31. The number of hydrogen-bond donors (Lipinski definition) is 2. The predicted molar refractivity (Wildman–Crippen MR) is 68.4 cm³/mol. The Bertz CT molecular complexity index is 390. The van der Waals surface area contributed by atoms with Crippen LogP contribution in [0.15, 0.2) is 0 Å². The zero-order valence-electron chi connectivity index (χ0n) is 11.0. The van der Waals surface area contributed by atoms with Crippen molar-refractivity contribution in [2.75, 3.05) is 20.1 Å². The number of carbonyl (C=O) groups is 1. The van der Waals surface area contributed by atoms with Crippen molar-refractivity contribution >= 4 is 16.2 Å². The number of carboxylic acid groups (broad SMARTS) is 1. The maximum atomic E-state index is 11.8. The average Bonchev–Trinajstić information content (AvgIpc) is 3.04. The third-order valence-corrected chi connectivity index (χ3v) is 4.93. The molecule has 1 aliphatic rings. The predicted octanol–water partition coefficient (Wildman–Crippen LogP) is 0.808. The normalized spacial score (nSPS) is 17.9. The lowest BCUT2D eigenvalue weighted by atomic mass is 10.0. The SMILES string of the molecule is CCCC1(CNS(=O)(=O)N(C)CCC(=O)O)CC1. The molecule has 1 saturated carbocycles. The molecule has 1 aliphatic carbocycles. The second kappa shape index (κ2) is 5.99. The fourth-order valence-corrected chi connectivity index (χ4v) is 2.99. The highest BCUT2D eigenvalue weighted by atomic mass is 32.2. The summed E-state index contributed by atoms with van der Waals surface area (Å²) in [6.07, 6.45) is 4.05. The Morgan fingerprint density at radius 1 is 1.44 bits per heavy atom.